The fourth-order valence-corrected chi connectivity index (χ4v) is 3.11. The van der Waals surface area contributed by atoms with E-state index in [4.69, 9.17) is 32.7 Å². The predicted molar refractivity (Wildman–Crippen MR) is 73.4 cm³/mol. The van der Waals surface area contributed by atoms with Crippen molar-refractivity contribution in [3.8, 4) is 0 Å². The van der Waals surface area contributed by atoms with Crippen LogP contribution in [0.25, 0.3) is 0 Å². The fraction of sp³-hybridized carbons (Fsp3) is 0.667. The second-order valence-corrected chi connectivity index (χ2v) is 6.10. The molecule has 3 rings (SSSR count). The molecule has 116 valence electrons. The molecule has 4 unspecified atom stereocenters. The van der Waals surface area contributed by atoms with Crippen molar-refractivity contribution in [3.63, 3.8) is 0 Å². The number of alkyl halides is 2. The molecule has 0 spiro atoms. The molecule has 3 heterocycles. The van der Waals surface area contributed by atoms with Crippen LogP contribution in [-0.2, 0) is 9.47 Å². The number of ether oxygens (including phenoxy) is 2. The highest BCUT2D eigenvalue weighted by Gasteiger charge is 2.35. The van der Waals surface area contributed by atoms with Crippen molar-refractivity contribution in [2.75, 3.05) is 13.2 Å². The third-order valence-corrected chi connectivity index (χ3v) is 4.48. The average molecular weight is 339 g/mol. The van der Waals surface area contributed by atoms with Gasteiger partial charge in [-0.25, -0.2) is 9.36 Å². The average Bonchev–Trinajstić information content (AvgIpc) is 3.04. The Morgan fingerprint density at radius 2 is 1.67 bits per heavy atom. The molecule has 6 nitrogen and oxygen atoms in total. The van der Waals surface area contributed by atoms with E-state index in [9.17, 15) is 14.0 Å². The second-order valence-electron chi connectivity index (χ2n) is 4.97. The van der Waals surface area contributed by atoms with Gasteiger partial charge in [-0.3, -0.25) is 9.36 Å². The molecule has 0 aromatic carbocycles. The molecule has 0 aliphatic carbocycles. The molecule has 2 fully saturated rings. The molecule has 0 amide bonds. The van der Waals surface area contributed by atoms with Crippen LogP contribution in [0.1, 0.15) is 25.3 Å². The van der Waals surface area contributed by atoms with Gasteiger partial charge < -0.3 is 9.47 Å². The normalized spacial score (nSPS) is 32.7. The molecule has 1 aromatic heterocycles. The molecule has 0 saturated carbocycles. The van der Waals surface area contributed by atoms with Gasteiger partial charge in [0.05, 0.1) is 30.2 Å². The quantitative estimate of drug-likeness (QED) is 0.760. The number of nitrogens with zero attached hydrogens (tertiary/aromatic N) is 2. The lowest BCUT2D eigenvalue weighted by molar-refractivity contribution is 0.0317. The minimum absolute atomic E-state index is 0.305. The molecule has 2 saturated heterocycles. The fourth-order valence-electron chi connectivity index (χ4n) is 2.55. The summed E-state index contributed by atoms with van der Waals surface area (Å²) in [5.41, 5.74) is -1.80. The zero-order chi connectivity index (χ0) is 15.1. The van der Waals surface area contributed by atoms with Gasteiger partial charge in [0.15, 0.2) is 12.5 Å². The molecule has 0 bridgehead atoms. The highest BCUT2D eigenvalue weighted by Crippen LogP contribution is 2.29. The Hall–Kier alpha value is -0.890. The maximum atomic E-state index is 13.9. The summed E-state index contributed by atoms with van der Waals surface area (Å²) in [5, 5.41) is -1.04. The maximum absolute atomic E-state index is 13.9. The van der Waals surface area contributed by atoms with Crippen molar-refractivity contribution < 1.29 is 13.9 Å². The molecule has 4 atom stereocenters. The van der Waals surface area contributed by atoms with Crippen LogP contribution in [0.5, 0.6) is 0 Å². The Kier molecular flexibility index (Phi) is 4.09. The summed E-state index contributed by atoms with van der Waals surface area (Å²) >= 11 is 12.1. The standard InChI is InChI=1S/C12H13Cl2FN2O4/c13-6-1-3-20-10(6)16-5-8(15)9(18)17(12(16)19)11-7(14)2-4-21-11/h5-7,10-11H,1-4H2. The summed E-state index contributed by atoms with van der Waals surface area (Å²) in [6, 6.07) is 0. The number of rotatable bonds is 2. The molecular formula is C12H13Cl2FN2O4. The molecule has 0 N–H and O–H groups in total. The smallest absolute Gasteiger partial charge is 0.335 e. The van der Waals surface area contributed by atoms with Crippen molar-refractivity contribution >= 4 is 23.2 Å². The van der Waals surface area contributed by atoms with Gasteiger partial charge in [0.25, 0.3) is 5.56 Å². The van der Waals surface area contributed by atoms with E-state index in [-0.39, 0.29) is 0 Å². The van der Waals surface area contributed by atoms with Crippen molar-refractivity contribution in [2.24, 2.45) is 0 Å². The van der Waals surface area contributed by atoms with Gasteiger partial charge in [0, 0.05) is 0 Å². The zero-order valence-corrected chi connectivity index (χ0v) is 12.4. The maximum Gasteiger partial charge on any atom is 0.335 e. The number of halogens is 3. The topological polar surface area (TPSA) is 62.5 Å². The first-order valence-electron chi connectivity index (χ1n) is 6.55. The third-order valence-electron chi connectivity index (χ3n) is 3.61. The minimum atomic E-state index is -1.08. The first kappa shape index (κ1) is 15.0. The third kappa shape index (κ3) is 2.52. The molecular weight excluding hydrogens is 326 g/mol. The Labute approximate surface area is 129 Å². The molecule has 2 aliphatic heterocycles. The Morgan fingerprint density at radius 1 is 1.10 bits per heavy atom. The monoisotopic (exact) mass is 338 g/mol. The molecule has 1 aromatic rings. The first-order valence-corrected chi connectivity index (χ1v) is 7.42. The van der Waals surface area contributed by atoms with Crippen LogP contribution in [-0.4, -0.2) is 33.1 Å². The van der Waals surface area contributed by atoms with Gasteiger partial charge in [0.2, 0.25) is 5.82 Å². The van der Waals surface area contributed by atoms with Crippen molar-refractivity contribution in [3.05, 3.63) is 32.9 Å². The molecule has 0 radical (unpaired) electrons. The van der Waals surface area contributed by atoms with Crippen LogP contribution in [0.2, 0.25) is 0 Å². The zero-order valence-electron chi connectivity index (χ0n) is 10.9. The van der Waals surface area contributed by atoms with Crippen LogP contribution in [0.3, 0.4) is 0 Å². The van der Waals surface area contributed by atoms with E-state index in [1.54, 1.807) is 0 Å². The van der Waals surface area contributed by atoms with Crippen molar-refractivity contribution in [1.29, 1.82) is 0 Å². The summed E-state index contributed by atoms with van der Waals surface area (Å²) in [6.07, 6.45) is 0.0500. The van der Waals surface area contributed by atoms with Gasteiger partial charge in [-0.15, -0.1) is 23.2 Å². The largest absolute Gasteiger partial charge is 0.356 e. The number of hydrogen-bond donors (Lipinski definition) is 0. The van der Waals surface area contributed by atoms with E-state index in [2.05, 4.69) is 0 Å². The van der Waals surface area contributed by atoms with Gasteiger partial charge >= 0.3 is 5.69 Å². The summed E-state index contributed by atoms with van der Waals surface area (Å²) in [7, 11) is 0. The van der Waals surface area contributed by atoms with Crippen LogP contribution in [0.4, 0.5) is 4.39 Å². The second kappa shape index (κ2) is 5.72. The van der Waals surface area contributed by atoms with Crippen molar-refractivity contribution in [2.45, 2.75) is 36.1 Å². The van der Waals surface area contributed by atoms with E-state index >= 15 is 0 Å². The highest BCUT2D eigenvalue weighted by molar-refractivity contribution is 6.21. The molecule has 9 heteroatoms. The van der Waals surface area contributed by atoms with E-state index in [1.807, 2.05) is 0 Å². The van der Waals surface area contributed by atoms with E-state index in [0.29, 0.717) is 30.6 Å². The Bertz CT molecular complexity index is 662. The predicted octanol–water partition coefficient (Wildman–Crippen LogP) is 1.20. The van der Waals surface area contributed by atoms with Gasteiger partial charge in [-0.05, 0) is 12.8 Å². The van der Waals surface area contributed by atoms with Gasteiger partial charge in [-0.1, -0.05) is 0 Å². The van der Waals surface area contributed by atoms with Crippen molar-refractivity contribution in [1.82, 2.24) is 9.13 Å². The van der Waals surface area contributed by atoms with Gasteiger partial charge in [0.1, 0.15) is 0 Å². The summed E-state index contributed by atoms with van der Waals surface area (Å²) in [4.78, 5) is 24.4. The summed E-state index contributed by atoms with van der Waals surface area (Å²) < 4.78 is 26.2. The van der Waals surface area contributed by atoms with E-state index in [1.165, 1.54) is 0 Å². The van der Waals surface area contributed by atoms with Gasteiger partial charge in [-0.2, -0.15) is 4.39 Å². The highest BCUT2D eigenvalue weighted by atomic mass is 35.5. The number of aromatic nitrogens is 2. The SMILES string of the molecule is O=c1c(F)cn(C2OCCC2Cl)c(=O)n1C1OCCC1Cl. The van der Waals surface area contributed by atoms with Crippen LogP contribution < -0.4 is 11.2 Å². The number of hydrogen-bond acceptors (Lipinski definition) is 4. The Balaban J connectivity index is 2.13. The van der Waals surface area contributed by atoms with Crippen LogP contribution in [0.15, 0.2) is 15.8 Å². The minimum Gasteiger partial charge on any atom is -0.356 e. The van der Waals surface area contributed by atoms with Crippen LogP contribution in [0, 0.1) is 5.82 Å². The van der Waals surface area contributed by atoms with E-state index in [0.717, 1.165) is 10.8 Å². The summed E-state index contributed by atoms with van der Waals surface area (Å²) in [5.74, 6) is -1.08. The summed E-state index contributed by atoms with van der Waals surface area (Å²) in [6.45, 7) is 0.670. The lowest BCUT2D eigenvalue weighted by atomic mass is 10.3. The lowest BCUT2D eigenvalue weighted by Gasteiger charge is -2.21. The van der Waals surface area contributed by atoms with E-state index < -0.39 is 40.3 Å². The first-order chi connectivity index (χ1) is 10.0. The molecule has 21 heavy (non-hydrogen) atoms. The molecule has 2 aliphatic rings. The Morgan fingerprint density at radius 3 is 2.19 bits per heavy atom. The lowest BCUT2D eigenvalue weighted by Crippen LogP contribution is -2.46. The van der Waals surface area contributed by atoms with Crippen LogP contribution >= 0.6 is 23.2 Å².